The zero-order valence-corrected chi connectivity index (χ0v) is 15.1. The molecule has 0 unspecified atom stereocenters. The third-order valence-electron chi connectivity index (χ3n) is 3.30. The molecule has 0 amide bonds. The van der Waals surface area contributed by atoms with Gasteiger partial charge in [0.2, 0.25) is 15.8 Å². The molecule has 0 fully saturated rings. The number of alkyl halides is 3. The maximum Gasteiger partial charge on any atom is 0.416 e. The monoisotopic (exact) mass is 421 g/mol. The summed E-state index contributed by atoms with van der Waals surface area (Å²) in [6.07, 6.45) is -4.71. The molecule has 0 aliphatic heterocycles. The fourth-order valence-corrected chi connectivity index (χ4v) is 2.96. The molecule has 2 rings (SSSR count). The lowest BCUT2D eigenvalue weighted by Gasteiger charge is -2.10. The van der Waals surface area contributed by atoms with Crippen LogP contribution in [0.15, 0.2) is 45.7 Å². The van der Waals surface area contributed by atoms with Gasteiger partial charge in [-0.1, -0.05) is 6.07 Å². The van der Waals surface area contributed by atoms with Gasteiger partial charge in [0.15, 0.2) is 0 Å². The molecular weight excluding hydrogens is 407 g/mol. The highest BCUT2D eigenvalue weighted by Crippen LogP contribution is 2.30. The molecule has 1 aromatic heterocycles. The second kappa shape index (κ2) is 8.44. The number of sulfonamides is 1. The van der Waals surface area contributed by atoms with Crippen molar-refractivity contribution in [2.45, 2.75) is 17.7 Å². The van der Waals surface area contributed by atoms with E-state index in [0.29, 0.717) is 6.07 Å². The Kier molecular flexibility index (Phi) is 6.46. The van der Waals surface area contributed by atoms with Gasteiger partial charge in [0.05, 0.1) is 17.6 Å². The summed E-state index contributed by atoms with van der Waals surface area (Å²) in [4.78, 5) is 22.2. The third-order valence-corrected chi connectivity index (χ3v) is 4.70. The minimum absolute atomic E-state index is 0.106. The van der Waals surface area contributed by atoms with Gasteiger partial charge in [0.1, 0.15) is 18.9 Å². The Hall–Kier alpha value is -2.86. The summed E-state index contributed by atoms with van der Waals surface area (Å²) in [5, 5.41) is 0. The van der Waals surface area contributed by atoms with E-state index < -0.39 is 45.1 Å². The number of methoxy groups -OCH3 is 1. The summed E-state index contributed by atoms with van der Waals surface area (Å²) < 4.78 is 78.2. The quantitative estimate of drug-likeness (QED) is 0.682. The Morgan fingerprint density at radius 1 is 1.18 bits per heavy atom. The number of ether oxygens (including phenoxy) is 2. The highest BCUT2D eigenvalue weighted by Gasteiger charge is 2.31. The van der Waals surface area contributed by atoms with Crippen molar-refractivity contribution in [3.8, 4) is 0 Å². The first-order chi connectivity index (χ1) is 13.0. The van der Waals surface area contributed by atoms with Gasteiger partial charge in [0, 0.05) is 0 Å². The molecule has 0 saturated heterocycles. The van der Waals surface area contributed by atoms with Crippen molar-refractivity contribution in [1.82, 2.24) is 4.72 Å². The Balaban J connectivity index is 1.93. The van der Waals surface area contributed by atoms with Crippen molar-refractivity contribution in [1.29, 1.82) is 0 Å². The SMILES string of the molecule is COC(=O)c1ccc(COC(=O)CNS(=O)(=O)c2cccc(C(F)(F)F)c2)o1. The van der Waals surface area contributed by atoms with Gasteiger partial charge in [-0.2, -0.15) is 17.9 Å². The molecule has 1 aromatic carbocycles. The van der Waals surface area contributed by atoms with E-state index >= 15 is 0 Å². The maximum atomic E-state index is 12.7. The van der Waals surface area contributed by atoms with Crippen LogP contribution in [0, 0.1) is 0 Å². The molecule has 152 valence electrons. The number of furan rings is 1. The van der Waals surface area contributed by atoms with Crippen LogP contribution in [-0.2, 0) is 37.1 Å². The van der Waals surface area contributed by atoms with E-state index in [0.717, 1.165) is 25.3 Å². The number of nitrogens with one attached hydrogen (secondary N) is 1. The predicted molar refractivity (Wildman–Crippen MR) is 86.5 cm³/mol. The van der Waals surface area contributed by atoms with Gasteiger partial charge < -0.3 is 13.9 Å². The second-order valence-electron chi connectivity index (χ2n) is 5.27. The molecule has 0 atom stereocenters. The molecule has 0 radical (unpaired) electrons. The van der Waals surface area contributed by atoms with Crippen molar-refractivity contribution >= 4 is 22.0 Å². The molecule has 28 heavy (non-hydrogen) atoms. The predicted octanol–water partition coefficient (Wildman–Crippen LogP) is 2.11. The fraction of sp³-hybridized carbons (Fsp3) is 0.250. The number of rotatable bonds is 7. The van der Waals surface area contributed by atoms with E-state index in [1.807, 2.05) is 4.72 Å². The highest BCUT2D eigenvalue weighted by atomic mass is 32.2. The van der Waals surface area contributed by atoms with Crippen LogP contribution in [0.1, 0.15) is 21.9 Å². The van der Waals surface area contributed by atoms with Crippen molar-refractivity contribution in [2.75, 3.05) is 13.7 Å². The normalized spacial score (nSPS) is 11.9. The lowest BCUT2D eigenvalue weighted by atomic mass is 10.2. The molecule has 0 aliphatic rings. The summed E-state index contributed by atoms with van der Waals surface area (Å²) in [5.74, 6) is -1.74. The smallest absolute Gasteiger partial charge is 0.416 e. The number of halogens is 3. The van der Waals surface area contributed by atoms with E-state index in [9.17, 15) is 31.2 Å². The van der Waals surface area contributed by atoms with E-state index in [-0.39, 0.29) is 18.1 Å². The van der Waals surface area contributed by atoms with Crippen LogP contribution in [-0.4, -0.2) is 34.0 Å². The van der Waals surface area contributed by atoms with E-state index in [1.54, 1.807) is 0 Å². The fourth-order valence-electron chi connectivity index (χ4n) is 1.95. The number of hydrogen-bond donors (Lipinski definition) is 1. The number of benzene rings is 1. The maximum absolute atomic E-state index is 12.7. The van der Waals surface area contributed by atoms with Crippen molar-refractivity contribution in [2.24, 2.45) is 0 Å². The second-order valence-corrected chi connectivity index (χ2v) is 7.04. The van der Waals surface area contributed by atoms with Gasteiger partial charge in [-0.3, -0.25) is 4.79 Å². The van der Waals surface area contributed by atoms with Crippen LogP contribution in [0.3, 0.4) is 0 Å². The summed E-state index contributed by atoms with van der Waals surface area (Å²) in [6, 6.07) is 5.72. The van der Waals surface area contributed by atoms with Crippen LogP contribution >= 0.6 is 0 Å². The number of hydrogen-bond acceptors (Lipinski definition) is 7. The third kappa shape index (κ3) is 5.57. The van der Waals surface area contributed by atoms with E-state index in [1.165, 1.54) is 12.1 Å². The summed E-state index contributed by atoms with van der Waals surface area (Å²) in [6.45, 7) is -1.20. The number of carbonyl (C=O) groups is 2. The molecule has 2 aromatic rings. The standard InChI is InChI=1S/C16H14F3NO7S/c1-25-15(22)13-6-5-11(27-13)9-26-14(21)8-20-28(23,24)12-4-2-3-10(7-12)16(17,18)19/h2-7,20H,8-9H2,1H3. The lowest BCUT2D eigenvalue weighted by molar-refractivity contribution is -0.144. The van der Waals surface area contributed by atoms with Crippen LogP contribution in [0.25, 0.3) is 0 Å². The van der Waals surface area contributed by atoms with Crippen LogP contribution in [0.2, 0.25) is 0 Å². The Morgan fingerprint density at radius 2 is 1.89 bits per heavy atom. The van der Waals surface area contributed by atoms with Gasteiger partial charge in [-0.15, -0.1) is 0 Å². The van der Waals surface area contributed by atoms with Gasteiger partial charge in [-0.25, -0.2) is 13.2 Å². The first-order valence-electron chi connectivity index (χ1n) is 7.52. The average molecular weight is 421 g/mol. The van der Waals surface area contributed by atoms with Crippen molar-refractivity contribution in [3.63, 3.8) is 0 Å². The molecule has 0 spiro atoms. The Labute approximate surface area is 157 Å². The largest absolute Gasteiger partial charge is 0.463 e. The Bertz CT molecular complexity index is 967. The van der Waals surface area contributed by atoms with Gasteiger partial charge in [-0.05, 0) is 30.3 Å². The molecule has 12 heteroatoms. The molecular formula is C16H14F3NO7S. The summed E-state index contributed by atoms with van der Waals surface area (Å²) in [7, 11) is -3.21. The lowest BCUT2D eigenvalue weighted by Crippen LogP contribution is -2.30. The van der Waals surface area contributed by atoms with Crippen molar-refractivity contribution < 1.29 is 45.1 Å². The van der Waals surface area contributed by atoms with Gasteiger partial charge >= 0.3 is 18.1 Å². The molecule has 0 aliphatic carbocycles. The zero-order valence-electron chi connectivity index (χ0n) is 14.3. The van der Waals surface area contributed by atoms with E-state index in [2.05, 4.69) is 4.74 Å². The average Bonchev–Trinajstić information content (AvgIpc) is 3.12. The molecule has 0 bridgehead atoms. The van der Waals surface area contributed by atoms with Crippen LogP contribution in [0.4, 0.5) is 13.2 Å². The first-order valence-corrected chi connectivity index (χ1v) is 9.01. The zero-order chi connectivity index (χ0) is 20.9. The highest BCUT2D eigenvalue weighted by molar-refractivity contribution is 7.89. The molecule has 1 heterocycles. The summed E-state index contributed by atoms with van der Waals surface area (Å²) in [5.41, 5.74) is -1.14. The summed E-state index contributed by atoms with van der Waals surface area (Å²) >= 11 is 0. The van der Waals surface area contributed by atoms with E-state index in [4.69, 9.17) is 9.15 Å². The first kappa shape index (κ1) is 21.4. The number of carbonyl (C=O) groups excluding carboxylic acids is 2. The van der Waals surface area contributed by atoms with Crippen LogP contribution in [0.5, 0.6) is 0 Å². The van der Waals surface area contributed by atoms with Gasteiger partial charge in [0.25, 0.3) is 0 Å². The number of esters is 2. The minimum Gasteiger partial charge on any atom is -0.463 e. The topological polar surface area (TPSA) is 112 Å². The Morgan fingerprint density at radius 3 is 2.54 bits per heavy atom. The molecule has 8 nitrogen and oxygen atoms in total. The van der Waals surface area contributed by atoms with Crippen molar-refractivity contribution in [3.05, 3.63) is 53.5 Å². The minimum atomic E-state index is -4.71. The van der Waals surface area contributed by atoms with Crippen LogP contribution < -0.4 is 4.72 Å². The molecule has 1 N–H and O–H groups in total. The molecule has 0 saturated carbocycles.